The molecule has 1 saturated carbocycles. The predicted molar refractivity (Wildman–Crippen MR) is 95.0 cm³/mol. The lowest BCUT2D eigenvalue weighted by Crippen LogP contribution is -2.48. The molecule has 0 spiro atoms. The minimum absolute atomic E-state index is 0.0195. The van der Waals surface area contributed by atoms with E-state index in [0.717, 1.165) is 25.7 Å². The van der Waals surface area contributed by atoms with Crippen LogP contribution in [0.5, 0.6) is 0 Å². The Balaban J connectivity index is 1.62. The van der Waals surface area contributed by atoms with Gasteiger partial charge in [0, 0.05) is 12.3 Å². The van der Waals surface area contributed by atoms with Gasteiger partial charge in [0.2, 0.25) is 0 Å². The van der Waals surface area contributed by atoms with Crippen molar-refractivity contribution in [1.82, 2.24) is 9.55 Å². The summed E-state index contributed by atoms with van der Waals surface area (Å²) in [6.45, 7) is 5.28. The number of nitrogens with one attached hydrogen (secondary N) is 1. The van der Waals surface area contributed by atoms with E-state index in [1.807, 2.05) is 0 Å². The van der Waals surface area contributed by atoms with E-state index in [0.29, 0.717) is 0 Å². The third kappa shape index (κ3) is 3.25. The maximum atomic E-state index is 13.0. The van der Waals surface area contributed by atoms with Gasteiger partial charge in [-0.1, -0.05) is 12.8 Å². The van der Waals surface area contributed by atoms with E-state index in [1.165, 1.54) is 16.8 Å². The molecule has 0 aromatic carbocycles. The van der Waals surface area contributed by atoms with Crippen molar-refractivity contribution in [3.05, 3.63) is 33.1 Å². The number of phosphoric ester groups is 1. The van der Waals surface area contributed by atoms with Crippen LogP contribution in [0.4, 0.5) is 0 Å². The van der Waals surface area contributed by atoms with Crippen molar-refractivity contribution in [1.29, 1.82) is 0 Å². The third-order valence-electron chi connectivity index (χ3n) is 5.38. The average Bonchev–Trinajstić information content (AvgIpc) is 3.22. The minimum Gasteiger partial charge on any atom is -0.347 e. The van der Waals surface area contributed by atoms with Crippen LogP contribution in [0.1, 0.15) is 38.8 Å². The van der Waals surface area contributed by atoms with Crippen LogP contribution < -0.4 is 11.2 Å². The van der Waals surface area contributed by atoms with Gasteiger partial charge in [0.05, 0.1) is 12.7 Å². The normalized spacial score (nSPS) is 39.4. The molecule has 27 heavy (non-hydrogen) atoms. The van der Waals surface area contributed by atoms with Crippen molar-refractivity contribution in [2.45, 2.75) is 62.7 Å². The first kappa shape index (κ1) is 18.8. The molecular formula is C16H22N3O7P. The third-order valence-corrected chi connectivity index (χ3v) is 6.89. The SMILES string of the molecule is C=N[C@]1(C)[C@@H]2OP(=O)(OC3CCCC3)OC[C@H]2O[C@H]1n1ccc(=O)[nH]c1=O. The van der Waals surface area contributed by atoms with E-state index in [9.17, 15) is 14.2 Å². The van der Waals surface area contributed by atoms with Crippen LogP contribution in [0.15, 0.2) is 26.8 Å². The Morgan fingerprint density at radius 3 is 2.81 bits per heavy atom. The van der Waals surface area contributed by atoms with Gasteiger partial charge in [0.1, 0.15) is 17.7 Å². The number of aromatic amines is 1. The average molecular weight is 399 g/mol. The second-order valence-electron chi connectivity index (χ2n) is 7.21. The number of H-pyrrole nitrogens is 1. The number of nitrogens with zero attached hydrogens (tertiary/aromatic N) is 2. The lowest BCUT2D eigenvalue weighted by atomic mass is 9.93. The Labute approximate surface area is 155 Å². The van der Waals surface area contributed by atoms with E-state index in [2.05, 4.69) is 16.7 Å². The first-order valence-corrected chi connectivity index (χ1v) is 10.4. The highest BCUT2D eigenvalue weighted by molar-refractivity contribution is 7.48. The van der Waals surface area contributed by atoms with Gasteiger partial charge in [-0.25, -0.2) is 9.36 Å². The van der Waals surface area contributed by atoms with Crippen LogP contribution in [0.2, 0.25) is 0 Å². The van der Waals surface area contributed by atoms with Crippen molar-refractivity contribution < 1.29 is 22.9 Å². The van der Waals surface area contributed by atoms with Crippen LogP contribution in [-0.2, 0) is 22.9 Å². The van der Waals surface area contributed by atoms with Crippen molar-refractivity contribution >= 4 is 14.5 Å². The lowest BCUT2D eigenvalue weighted by Gasteiger charge is -2.36. The molecule has 2 aliphatic heterocycles. The van der Waals surface area contributed by atoms with E-state index in [-0.39, 0.29) is 12.7 Å². The molecule has 10 nitrogen and oxygen atoms in total. The van der Waals surface area contributed by atoms with Gasteiger partial charge in [-0.05, 0) is 26.5 Å². The van der Waals surface area contributed by atoms with Crippen LogP contribution in [0.25, 0.3) is 0 Å². The maximum absolute atomic E-state index is 13.0. The molecule has 1 aromatic rings. The number of hydrogen-bond donors (Lipinski definition) is 1. The molecule has 11 heteroatoms. The number of fused-ring (bicyclic) bond motifs is 1. The molecule has 2 saturated heterocycles. The summed E-state index contributed by atoms with van der Waals surface area (Å²) in [6.07, 6.45) is 2.53. The highest BCUT2D eigenvalue weighted by atomic mass is 31.2. The number of ether oxygens (including phenoxy) is 1. The summed E-state index contributed by atoms with van der Waals surface area (Å²) in [5.74, 6) is 0. The molecule has 1 unspecified atom stereocenters. The quantitative estimate of drug-likeness (QED) is 0.600. The molecule has 0 amide bonds. The largest absolute Gasteiger partial charge is 0.475 e. The van der Waals surface area contributed by atoms with Gasteiger partial charge in [-0.3, -0.25) is 32.9 Å². The Bertz CT molecular complexity index is 892. The van der Waals surface area contributed by atoms with Gasteiger partial charge in [-0.15, -0.1) is 0 Å². The fourth-order valence-corrected chi connectivity index (χ4v) is 5.59. The van der Waals surface area contributed by atoms with Crippen molar-refractivity contribution in [3.8, 4) is 0 Å². The summed E-state index contributed by atoms with van der Waals surface area (Å²) >= 11 is 0. The van der Waals surface area contributed by atoms with E-state index in [1.54, 1.807) is 6.92 Å². The second-order valence-corrected chi connectivity index (χ2v) is 8.78. The highest BCUT2D eigenvalue weighted by Crippen LogP contribution is 2.60. The molecule has 0 radical (unpaired) electrons. The highest BCUT2D eigenvalue weighted by Gasteiger charge is 2.61. The predicted octanol–water partition coefficient (Wildman–Crippen LogP) is 1.38. The summed E-state index contributed by atoms with van der Waals surface area (Å²) in [4.78, 5) is 29.9. The molecule has 1 aliphatic carbocycles. The van der Waals surface area contributed by atoms with Gasteiger partial charge >= 0.3 is 13.5 Å². The monoisotopic (exact) mass is 399 g/mol. The van der Waals surface area contributed by atoms with E-state index < -0.39 is 43.0 Å². The van der Waals surface area contributed by atoms with Gasteiger partial charge in [0.15, 0.2) is 6.23 Å². The molecule has 4 rings (SSSR count). The first-order chi connectivity index (χ1) is 12.8. The first-order valence-electron chi connectivity index (χ1n) is 8.91. The van der Waals surface area contributed by atoms with Crippen molar-refractivity contribution in [2.24, 2.45) is 4.99 Å². The number of phosphoric acid groups is 1. The standard InChI is InChI=1S/C16H22N3O7P/c1-16(17-2)13-11(24-14(16)19-8-7-12(20)18-15(19)21)9-23-27(22,26-13)25-10-5-3-4-6-10/h7-8,10-11,13-14H,2-6,9H2,1H3,(H,18,20,21)/t11-,13-,14-,16-,27?/m1/s1. The summed E-state index contributed by atoms with van der Waals surface area (Å²) in [7, 11) is -3.78. The molecule has 1 aromatic heterocycles. The summed E-state index contributed by atoms with van der Waals surface area (Å²) in [6, 6.07) is 1.21. The molecule has 3 heterocycles. The van der Waals surface area contributed by atoms with Gasteiger partial charge < -0.3 is 4.74 Å². The van der Waals surface area contributed by atoms with Crippen molar-refractivity contribution in [3.63, 3.8) is 0 Å². The van der Waals surface area contributed by atoms with Crippen LogP contribution in [0, 0.1) is 0 Å². The molecule has 0 bridgehead atoms. The Hall–Kier alpha value is -1.58. The van der Waals surface area contributed by atoms with E-state index >= 15 is 0 Å². The fraction of sp³-hybridized carbons (Fsp3) is 0.688. The maximum Gasteiger partial charge on any atom is 0.475 e. The van der Waals surface area contributed by atoms with E-state index in [4.69, 9.17) is 18.3 Å². The zero-order valence-corrected chi connectivity index (χ0v) is 15.8. The Morgan fingerprint density at radius 2 is 2.15 bits per heavy atom. The Morgan fingerprint density at radius 1 is 1.41 bits per heavy atom. The molecule has 3 fully saturated rings. The van der Waals surface area contributed by atoms with Gasteiger partial charge in [0.25, 0.3) is 5.56 Å². The summed E-state index contributed by atoms with van der Waals surface area (Å²) in [5.41, 5.74) is -2.30. The van der Waals surface area contributed by atoms with Gasteiger partial charge in [-0.2, -0.15) is 0 Å². The molecule has 3 aliphatic rings. The minimum atomic E-state index is -3.78. The zero-order valence-electron chi connectivity index (χ0n) is 14.9. The summed E-state index contributed by atoms with van der Waals surface area (Å²) < 4.78 is 36.9. The number of rotatable bonds is 4. The summed E-state index contributed by atoms with van der Waals surface area (Å²) in [5, 5.41) is 0. The lowest BCUT2D eigenvalue weighted by molar-refractivity contribution is -0.0759. The van der Waals surface area contributed by atoms with Crippen molar-refractivity contribution in [2.75, 3.05) is 6.61 Å². The molecule has 148 valence electrons. The Kier molecular flexibility index (Phi) is 4.72. The zero-order chi connectivity index (χ0) is 19.2. The van der Waals surface area contributed by atoms with Crippen LogP contribution in [-0.4, -0.2) is 46.7 Å². The molecule has 5 atom stereocenters. The molecular weight excluding hydrogens is 377 g/mol. The topological polar surface area (TPSA) is 121 Å². The number of aromatic nitrogens is 2. The second kappa shape index (κ2) is 6.79. The number of hydrogen-bond acceptors (Lipinski definition) is 8. The number of aliphatic imine (C=N–C) groups is 1. The fourth-order valence-electron chi connectivity index (χ4n) is 3.89. The smallest absolute Gasteiger partial charge is 0.347 e. The molecule has 1 N–H and O–H groups in total. The van der Waals surface area contributed by atoms with Crippen LogP contribution >= 0.6 is 7.82 Å². The van der Waals surface area contributed by atoms with Crippen LogP contribution in [0.3, 0.4) is 0 Å².